The number of aliphatic carboxylic acids is 1. The molecule has 1 aliphatic rings. The molecular weight excluding hydrogens is 422 g/mol. The lowest BCUT2D eigenvalue weighted by Crippen LogP contribution is -2.60. The number of hydrogen-bond donors (Lipinski definition) is 1. The van der Waals surface area contributed by atoms with Crippen molar-refractivity contribution in [3.05, 3.63) is 24.6 Å². The van der Waals surface area contributed by atoms with Crippen molar-refractivity contribution in [1.82, 2.24) is 0 Å². The molecule has 0 aliphatic carbocycles. The summed E-state index contributed by atoms with van der Waals surface area (Å²) in [6.45, 7) is 3.98. The van der Waals surface area contributed by atoms with E-state index in [0.717, 1.165) is 25.1 Å². The van der Waals surface area contributed by atoms with Gasteiger partial charge in [-0.05, 0) is 32.1 Å². The van der Waals surface area contributed by atoms with Crippen LogP contribution in [0, 0.1) is 0 Å². The molecule has 0 aromatic carbocycles. The van der Waals surface area contributed by atoms with Crippen molar-refractivity contribution in [1.29, 1.82) is 0 Å². The van der Waals surface area contributed by atoms with Gasteiger partial charge in [0, 0.05) is 13.3 Å². The first-order valence-electron chi connectivity index (χ1n) is 14.3. The van der Waals surface area contributed by atoms with Gasteiger partial charge in [-0.3, -0.25) is 5.73 Å². The lowest BCUT2D eigenvalue weighted by Gasteiger charge is -2.36. The second-order valence-electron chi connectivity index (χ2n) is 10.1. The first-order valence-corrected chi connectivity index (χ1v) is 14.3. The Morgan fingerprint density at radius 1 is 0.882 bits per heavy atom. The number of carbonyl (C=O) groups is 1. The third kappa shape index (κ3) is 13.4. The number of unbranched alkanes of at least 4 members (excludes halogenated alkanes) is 16. The van der Waals surface area contributed by atoms with E-state index in [1.165, 1.54) is 103 Å². The zero-order chi connectivity index (χ0) is 24.9. The van der Waals surface area contributed by atoms with Crippen LogP contribution in [0.1, 0.15) is 136 Å². The Labute approximate surface area is 210 Å². The average molecular weight is 476 g/mol. The van der Waals surface area contributed by atoms with Crippen LogP contribution < -0.4 is 10.8 Å². The van der Waals surface area contributed by atoms with Crippen LogP contribution >= 0.6 is 0 Å². The molecule has 0 spiro atoms. The van der Waals surface area contributed by atoms with Gasteiger partial charge < -0.3 is 9.90 Å². The fraction of sp³-hybridized carbons (Fsp3) is 0.793. The van der Waals surface area contributed by atoms with Gasteiger partial charge in [0.1, 0.15) is 18.9 Å². The summed E-state index contributed by atoms with van der Waals surface area (Å²) in [6, 6.07) is 0. The summed E-state index contributed by atoms with van der Waals surface area (Å²) in [6.07, 6.45) is 32.4. The summed E-state index contributed by atoms with van der Waals surface area (Å²) in [4.78, 5) is 15.6. The lowest BCUT2D eigenvalue weighted by atomic mass is 10.1. The second-order valence-corrected chi connectivity index (χ2v) is 10.1. The molecule has 0 saturated carbocycles. The Bertz CT molecular complexity index is 612. The van der Waals surface area contributed by atoms with Crippen LogP contribution in [-0.2, 0) is 4.79 Å². The van der Waals surface area contributed by atoms with Gasteiger partial charge in [-0.1, -0.05) is 103 Å². The van der Waals surface area contributed by atoms with Crippen molar-refractivity contribution in [2.45, 2.75) is 142 Å². The number of aliphatic imine (C=N–C) groups is 1. The summed E-state index contributed by atoms with van der Waals surface area (Å²) in [7, 11) is 0. The molecule has 0 aromatic rings. The Morgan fingerprint density at radius 3 is 1.82 bits per heavy atom. The van der Waals surface area contributed by atoms with Gasteiger partial charge in [0.25, 0.3) is 0 Å². The number of quaternary nitrogens is 1. The molecule has 1 rings (SSSR count). The van der Waals surface area contributed by atoms with Crippen LogP contribution in [0.4, 0.5) is 0 Å². The van der Waals surface area contributed by atoms with Crippen molar-refractivity contribution in [3.8, 4) is 0 Å². The average Bonchev–Trinajstić information content (AvgIpc) is 3.20. The van der Waals surface area contributed by atoms with E-state index in [1.54, 1.807) is 12.4 Å². The van der Waals surface area contributed by atoms with E-state index in [4.69, 9.17) is 5.73 Å². The van der Waals surface area contributed by atoms with Gasteiger partial charge in [-0.15, -0.1) is 0 Å². The highest BCUT2D eigenvalue weighted by Gasteiger charge is 2.38. The second kappa shape index (κ2) is 19.8. The largest absolute Gasteiger partial charge is 0.544 e. The first kappa shape index (κ1) is 30.6. The van der Waals surface area contributed by atoms with Crippen LogP contribution in [0.15, 0.2) is 29.5 Å². The van der Waals surface area contributed by atoms with Gasteiger partial charge in [-0.2, -0.15) is 0 Å². The molecule has 34 heavy (non-hydrogen) atoms. The molecule has 1 aliphatic heterocycles. The summed E-state index contributed by atoms with van der Waals surface area (Å²) >= 11 is 0. The first-order chi connectivity index (χ1) is 16.5. The molecule has 2 N–H and O–H groups in total. The maximum Gasteiger partial charge on any atom is 0.209 e. The minimum atomic E-state index is -1.09. The Morgan fingerprint density at radius 2 is 1.35 bits per heavy atom. The van der Waals surface area contributed by atoms with Gasteiger partial charge in [0.05, 0.1) is 12.2 Å². The number of rotatable bonds is 23. The van der Waals surface area contributed by atoms with Crippen LogP contribution in [0.25, 0.3) is 0 Å². The molecule has 2 atom stereocenters. The van der Waals surface area contributed by atoms with E-state index >= 15 is 0 Å². The Kier molecular flexibility index (Phi) is 17.8. The summed E-state index contributed by atoms with van der Waals surface area (Å²) in [5, 5.41) is 11.2. The van der Waals surface area contributed by atoms with Gasteiger partial charge >= 0.3 is 0 Å². The summed E-state index contributed by atoms with van der Waals surface area (Å²) in [5.74, 6) is -0.231. The molecular formula is C29H53N3O2. The number of hydrogen-bond acceptors (Lipinski definition) is 4. The van der Waals surface area contributed by atoms with E-state index < -0.39 is 5.97 Å². The quantitative estimate of drug-likeness (QED) is 0.101. The number of nitrogens with zero attached hydrogens (tertiary/aromatic N) is 2. The van der Waals surface area contributed by atoms with Crippen molar-refractivity contribution in [3.63, 3.8) is 0 Å². The highest BCUT2D eigenvalue weighted by Crippen LogP contribution is 2.23. The number of carboxylic acid groups (broad SMARTS) is 1. The highest BCUT2D eigenvalue weighted by molar-refractivity contribution is 5.81. The van der Waals surface area contributed by atoms with E-state index in [1.807, 2.05) is 6.92 Å². The third-order valence-electron chi connectivity index (χ3n) is 7.07. The predicted octanol–water partition coefficient (Wildman–Crippen LogP) is 6.73. The fourth-order valence-electron chi connectivity index (χ4n) is 4.81. The minimum absolute atomic E-state index is 0.107. The molecule has 0 saturated heterocycles. The van der Waals surface area contributed by atoms with E-state index in [2.05, 4.69) is 24.1 Å². The topological polar surface area (TPSA) is 78.5 Å². The van der Waals surface area contributed by atoms with E-state index in [9.17, 15) is 9.90 Å². The maximum atomic E-state index is 11.2. The fourth-order valence-corrected chi connectivity index (χ4v) is 4.81. The molecule has 5 nitrogen and oxygen atoms in total. The molecule has 0 fully saturated rings. The Balaban J connectivity index is 1.92. The monoisotopic (exact) mass is 475 g/mol. The van der Waals surface area contributed by atoms with Gasteiger partial charge in [-0.25, -0.2) is 9.48 Å². The molecule has 0 aromatic heterocycles. The SMILES string of the molecule is CCCCCCCCCC/C=C/CCCCCCCCCCC1=NC=C[N+]1(CC(=O)[O-])C(C)N. The van der Waals surface area contributed by atoms with Crippen LogP contribution in [0.2, 0.25) is 0 Å². The van der Waals surface area contributed by atoms with Crippen molar-refractivity contribution in [2.75, 3.05) is 6.54 Å². The molecule has 0 amide bonds. The smallest absolute Gasteiger partial charge is 0.209 e. The van der Waals surface area contributed by atoms with Gasteiger partial charge in [0.2, 0.25) is 5.84 Å². The Hall–Kier alpha value is -1.46. The molecule has 2 unspecified atom stereocenters. The van der Waals surface area contributed by atoms with Crippen molar-refractivity contribution < 1.29 is 14.4 Å². The van der Waals surface area contributed by atoms with Crippen LogP contribution in [-0.4, -0.2) is 29.0 Å². The van der Waals surface area contributed by atoms with Gasteiger partial charge in [0.15, 0.2) is 0 Å². The van der Waals surface area contributed by atoms with Crippen LogP contribution in [0.5, 0.6) is 0 Å². The lowest BCUT2D eigenvalue weighted by molar-refractivity contribution is -0.808. The zero-order valence-electron chi connectivity index (χ0n) is 22.3. The summed E-state index contributed by atoms with van der Waals surface area (Å²) in [5.41, 5.74) is 6.09. The standard InChI is InChI=1S/C29H53N3O2/c1-3-4-5-6-7-8-9-10-11-12-13-14-15-16-17-18-19-20-21-22-23-28-31-24-25-32(28,27(2)30)26-29(33)34/h12-13,24-25,27H,3-11,14-23,26,30H2,1-2H3/b13-12+. The van der Waals surface area contributed by atoms with E-state index in [-0.39, 0.29) is 17.2 Å². The minimum Gasteiger partial charge on any atom is -0.544 e. The molecule has 0 bridgehead atoms. The molecule has 0 radical (unpaired) electrons. The number of amidine groups is 1. The number of allylic oxidation sites excluding steroid dienone is 2. The zero-order valence-corrected chi connectivity index (χ0v) is 22.3. The van der Waals surface area contributed by atoms with Crippen molar-refractivity contribution >= 4 is 11.8 Å². The molecule has 1 heterocycles. The number of carboxylic acids is 1. The molecule has 5 heteroatoms. The van der Waals surface area contributed by atoms with E-state index in [0.29, 0.717) is 0 Å². The highest BCUT2D eigenvalue weighted by atomic mass is 16.4. The van der Waals surface area contributed by atoms with Crippen LogP contribution in [0.3, 0.4) is 0 Å². The number of carbonyl (C=O) groups excluding carboxylic acids is 1. The van der Waals surface area contributed by atoms with Crippen molar-refractivity contribution in [2.24, 2.45) is 10.7 Å². The maximum absolute atomic E-state index is 11.2. The molecule has 196 valence electrons. The third-order valence-corrected chi connectivity index (χ3v) is 7.07. The summed E-state index contributed by atoms with van der Waals surface area (Å²) < 4.78 is 0.107. The predicted molar refractivity (Wildman–Crippen MR) is 143 cm³/mol. The number of nitrogens with two attached hydrogens (primary N) is 1. The normalized spacial score (nSPS) is 18.6.